The molecule has 0 radical (unpaired) electrons. The van der Waals surface area contributed by atoms with Crippen LogP contribution in [-0.2, 0) is 0 Å². The number of aromatic nitrogens is 5. The van der Waals surface area contributed by atoms with Gasteiger partial charge in [0, 0.05) is 23.6 Å². The van der Waals surface area contributed by atoms with Crippen LogP contribution in [0.2, 0.25) is 0 Å². The van der Waals surface area contributed by atoms with Crippen LogP contribution in [0, 0.1) is 24.0 Å². The number of hydrogen-bond acceptors (Lipinski definition) is 6. The number of nitro groups is 1. The summed E-state index contributed by atoms with van der Waals surface area (Å²) in [6, 6.07) is 11.3. The molecule has 3 aromatic heterocycles. The minimum Gasteiger partial charge on any atom is -0.337 e. The molecular formula is C19H18N6O3. The Kier molecular flexibility index (Phi) is 4.26. The Balaban J connectivity index is 1.61. The largest absolute Gasteiger partial charge is 0.337 e. The molecule has 0 aliphatic heterocycles. The molecule has 0 aliphatic carbocycles. The Bertz CT molecular complexity index is 1130. The molecular weight excluding hydrogens is 360 g/mol. The van der Waals surface area contributed by atoms with Crippen LogP contribution < -0.4 is 0 Å². The maximum absolute atomic E-state index is 11.2. The van der Waals surface area contributed by atoms with Crippen molar-refractivity contribution in [1.29, 1.82) is 0 Å². The van der Waals surface area contributed by atoms with Gasteiger partial charge >= 0.3 is 5.69 Å². The average Bonchev–Trinajstić information content (AvgIpc) is 3.41. The van der Waals surface area contributed by atoms with E-state index < -0.39 is 11.0 Å². The van der Waals surface area contributed by atoms with Crippen LogP contribution in [0.15, 0.2) is 53.3 Å². The van der Waals surface area contributed by atoms with Crippen molar-refractivity contribution in [3.8, 4) is 17.1 Å². The summed E-state index contributed by atoms with van der Waals surface area (Å²) in [7, 11) is 0. The fraction of sp³-hybridized carbons (Fsp3) is 0.211. The monoisotopic (exact) mass is 378 g/mol. The van der Waals surface area contributed by atoms with Gasteiger partial charge in [-0.25, -0.2) is 0 Å². The van der Waals surface area contributed by atoms with Crippen molar-refractivity contribution in [3.05, 3.63) is 76.2 Å². The van der Waals surface area contributed by atoms with E-state index in [0.717, 1.165) is 11.3 Å². The average molecular weight is 378 g/mol. The number of aryl methyl sites for hydroxylation is 1. The Labute approximate surface area is 160 Å². The summed E-state index contributed by atoms with van der Waals surface area (Å²) in [5.41, 5.74) is 2.66. The third kappa shape index (κ3) is 2.96. The van der Waals surface area contributed by atoms with E-state index in [9.17, 15) is 10.1 Å². The lowest BCUT2D eigenvalue weighted by Gasteiger charge is -2.08. The Morgan fingerprint density at radius 1 is 1.14 bits per heavy atom. The summed E-state index contributed by atoms with van der Waals surface area (Å²) in [5.74, 6) is 0.793. The second kappa shape index (κ2) is 6.76. The summed E-state index contributed by atoms with van der Waals surface area (Å²) < 4.78 is 8.95. The number of nitrogens with zero attached hydrogens (tertiary/aromatic N) is 6. The van der Waals surface area contributed by atoms with E-state index in [1.807, 2.05) is 60.3 Å². The summed E-state index contributed by atoms with van der Waals surface area (Å²) in [6.07, 6.45) is 3.94. The maximum atomic E-state index is 11.2. The van der Waals surface area contributed by atoms with E-state index in [1.165, 1.54) is 0 Å². The fourth-order valence-electron chi connectivity index (χ4n) is 3.21. The first kappa shape index (κ1) is 17.7. The quantitative estimate of drug-likeness (QED) is 0.386. The van der Waals surface area contributed by atoms with Crippen molar-refractivity contribution in [3.63, 3.8) is 0 Å². The van der Waals surface area contributed by atoms with E-state index >= 15 is 0 Å². The third-order valence-electron chi connectivity index (χ3n) is 4.66. The standard InChI is InChI=1S/C19H18N6O3/c1-12-17(25(26)27)13(2)24(21-12)14(3)19-20-18(22-28-19)15-6-8-16(9-7-15)23-10-4-5-11-23/h4-11,14H,1-3H3/t14-/m1/s1. The Morgan fingerprint density at radius 2 is 1.82 bits per heavy atom. The van der Waals surface area contributed by atoms with Crippen LogP contribution in [0.1, 0.15) is 30.2 Å². The van der Waals surface area contributed by atoms with E-state index in [0.29, 0.717) is 23.1 Å². The fourth-order valence-corrected chi connectivity index (χ4v) is 3.21. The number of benzene rings is 1. The topological polar surface area (TPSA) is 105 Å². The lowest BCUT2D eigenvalue weighted by molar-refractivity contribution is -0.386. The molecule has 0 saturated carbocycles. The summed E-state index contributed by atoms with van der Waals surface area (Å²) in [6.45, 7) is 5.08. The molecule has 0 unspecified atom stereocenters. The van der Waals surface area contributed by atoms with Crippen LogP contribution in [0.3, 0.4) is 0 Å². The van der Waals surface area contributed by atoms with Gasteiger partial charge in [0.15, 0.2) is 0 Å². The molecule has 3 heterocycles. The lowest BCUT2D eigenvalue weighted by Crippen LogP contribution is -2.11. The van der Waals surface area contributed by atoms with Crippen molar-refractivity contribution in [2.24, 2.45) is 0 Å². The molecule has 0 amide bonds. The third-order valence-corrected chi connectivity index (χ3v) is 4.66. The normalized spacial score (nSPS) is 12.2. The second-order valence-corrected chi connectivity index (χ2v) is 6.49. The lowest BCUT2D eigenvalue weighted by atomic mass is 10.2. The molecule has 1 atom stereocenters. The molecule has 0 fully saturated rings. The van der Waals surface area contributed by atoms with Crippen LogP contribution in [0.4, 0.5) is 5.69 Å². The van der Waals surface area contributed by atoms with Crippen molar-refractivity contribution in [1.82, 2.24) is 24.5 Å². The minimum absolute atomic E-state index is 0.00666. The highest BCUT2D eigenvalue weighted by atomic mass is 16.6. The van der Waals surface area contributed by atoms with Gasteiger partial charge in [-0.2, -0.15) is 10.1 Å². The summed E-state index contributed by atoms with van der Waals surface area (Å²) in [5, 5.41) is 19.5. The molecule has 9 heteroatoms. The smallest absolute Gasteiger partial charge is 0.312 e. The highest BCUT2D eigenvalue weighted by Gasteiger charge is 2.27. The number of rotatable bonds is 5. The summed E-state index contributed by atoms with van der Waals surface area (Å²) >= 11 is 0. The first-order valence-electron chi connectivity index (χ1n) is 8.73. The Hall–Kier alpha value is -3.75. The van der Waals surface area contributed by atoms with Crippen molar-refractivity contribution in [2.75, 3.05) is 0 Å². The predicted molar refractivity (Wildman–Crippen MR) is 101 cm³/mol. The van der Waals surface area contributed by atoms with E-state index in [1.54, 1.807) is 18.5 Å². The van der Waals surface area contributed by atoms with Gasteiger partial charge in [0.1, 0.15) is 17.4 Å². The first-order valence-corrected chi connectivity index (χ1v) is 8.73. The molecule has 0 aliphatic rings. The van der Waals surface area contributed by atoms with Crippen molar-refractivity contribution in [2.45, 2.75) is 26.8 Å². The molecule has 0 bridgehead atoms. The van der Waals surface area contributed by atoms with Gasteiger partial charge in [0.05, 0.1) is 4.92 Å². The van der Waals surface area contributed by atoms with Gasteiger partial charge in [-0.3, -0.25) is 14.8 Å². The molecule has 4 aromatic rings. The molecule has 0 spiro atoms. The van der Waals surface area contributed by atoms with Gasteiger partial charge in [-0.1, -0.05) is 5.16 Å². The van der Waals surface area contributed by atoms with E-state index in [4.69, 9.17) is 4.52 Å². The highest BCUT2D eigenvalue weighted by Crippen LogP contribution is 2.28. The predicted octanol–water partition coefficient (Wildman–Crippen LogP) is 3.86. The van der Waals surface area contributed by atoms with Gasteiger partial charge in [0.25, 0.3) is 5.89 Å². The van der Waals surface area contributed by atoms with Crippen molar-refractivity contribution >= 4 is 5.69 Å². The maximum Gasteiger partial charge on any atom is 0.312 e. The molecule has 28 heavy (non-hydrogen) atoms. The van der Waals surface area contributed by atoms with Crippen LogP contribution in [0.25, 0.3) is 17.1 Å². The molecule has 4 rings (SSSR count). The van der Waals surface area contributed by atoms with Gasteiger partial charge in [0.2, 0.25) is 5.82 Å². The van der Waals surface area contributed by atoms with Crippen molar-refractivity contribution < 1.29 is 9.45 Å². The molecule has 9 nitrogen and oxygen atoms in total. The minimum atomic E-state index is -0.424. The molecule has 0 saturated heterocycles. The van der Waals surface area contributed by atoms with Crippen LogP contribution in [0.5, 0.6) is 0 Å². The highest BCUT2D eigenvalue weighted by molar-refractivity contribution is 5.56. The number of hydrogen-bond donors (Lipinski definition) is 0. The van der Waals surface area contributed by atoms with Crippen LogP contribution in [-0.4, -0.2) is 29.4 Å². The zero-order valence-corrected chi connectivity index (χ0v) is 15.6. The second-order valence-electron chi connectivity index (χ2n) is 6.49. The van der Waals surface area contributed by atoms with Gasteiger partial charge < -0.3 is 9.09 Å². The van der Waals surface area contributed by atoms with Gasteiger partial charge in [-0.15, -0.1) is 0 Å². The SMILES string of the molecule is Cc1nn([C@H](C)c2nc(-c3ccc(-n4cccc4)cc3)no2)c(C)c1[N+](=O)[O-]. The zero-order chi connectivity index (χ0) is 19.8. The van der Waals surface area contributed by atoms with E-state index in [-0.39, 0.29) is 5.69 Å². The molecule has 142 valence electrons. The summed E-state index contributed by atoms with van der Waals surface area (Å²) in [4.78, 5) is 15.3. The Morgan fingerprint density at radius 3 is 2.43 bits per heavy atom. The van der Waals surface area contributed by atoms with E-state index in [2.05, 4.69) is 15.2 Å². The molecule has 0 N–H and O–H groups in total. The van der Waals surface area contributed by atoms with Crippen LogP contribution >= 0.6 is 0 Å². The first-order chi connectivity index (χ1) is 13.5. The zero-order valence-electron chi connectivity index (χ0n) is 15.6. The molecule has 1 aromatic carbocycles. The van der Waals surface area contributed by atoms with Gasteiger partial charge in [-0.05, 0) is 57.2 Å².